The van der Waals surface area contributed by atoms with Gasteiger partial charge in [0, 0.05) is 22.2 Å². The molecular weight excluding hydrogens is 526 g/mol. The lowest BCUT2D eigenvalue weighted by Gasteiger charge is -2.36. The number of aryl methyl sites for hydroxylation is 1. The van der Waals surface area contributed by atoms with Crippen LogP contribution in [0.25, 0.3) is 0 Å². The van der Waals surface area contributed by atoms with Crippen LogP contribution in [0.3, 0.4) is 0 Å². The van der Waals surface area contributed by atoms with E-state index in [1.54, 1.807) is 13.0 Å². The van der Waals surface area contributed by atoms with Gasteiger partial charge in [-0.15, -0.1) is 0 Å². The Balaban J connectivity index is 1.30. The average molecular weight is 558 g/mol. The number of sulfonamides is 1. The molecule has 196 valence electrons. The zero-order valence-corrected chi connectivity index (χ0v) is 22.7. The summed E-state index contributed by atoms with van der Waals surface area (Å²) in [5, 5.41) is 1.25. The van der Waals surface area contributed by atoms with Crippen molar-refractivity contribution in [2.45, 2.75) is 45.6 Å². The number of amides is 1. The molecule has 1 saturated heterocycles. The number of likely N-dealkylation sites (tertiary alicyclic amines) is 1. The third-order valence-electron chi connectivity index (χ3n) is 6.95. The first-order valence-corrected chi connectivity index (χ1v) is 14.6. The molecule has 0 radical (unpaired) electrons. The molecule has 10 heteroatoms. The Morgan fingerprint density at radius 1 is 1.08 bits per heavy atom. The lowest BCUT2D eigenvalue weighted by atomic mass is 9.95. The van der Waals surface area contributed by atoms with Crippen LogP contribution in [0.5, 0.6) is 5.75 Å². The van der Waals surface area contributed by atoms with Crippen molar-refractivity contribution in [3.05, 3.63) is 62.9 Å². The summed E-state index contributed by atoms with van der Waals surface area (Å²) in [5.41, 5.74) is 1.35. The average Bonchev–Trinajstić information content (AvgIpc) is 3.61. The van der Waals surface area contributed by atoms with Crippen molar-refractivity contribution in [1.82, 2.24) is 9.62 Å². The maximum atomic E-state index is 14.7. The van der Waals surface area contributed by atoms with E-state index in [-0.39, 0.29) is 23.3 Å². The SMILES string of the molecule is Cc1cc(C(=O)NS(=O)(=O)CC2CC2)c(F)cc1OCC1CCN([C@@H](C)c2cc(Cl)cc(Cl)c2)CC1. The van der Waals surface area contributed by atoms with Crippen LogP contribution >= 0.6 is 23.2 Å². The summed E-state index contributed by atoms with van der Waals surface area (Å²) in [6.07, 6.45) is 3.53. The van der Waals surface area contributed by atoms with Gasteiger partial charge in [0.2, 0.25) is 10.0 Å². The first-order chi connectivity index (χ1) is 17.0. The van der Waals surface area contributed by atoms with Gasteiger partial charge in [0.05, 0.1) is 17.9 Å². The third kappa shape index (κ3) is 7.12. The predicted octanol–water partition coefficient (Wildman–Crippen LogP) is 5.76. The molecule has 4 rings (SSSR count). The van der Waals surface area contributed by atoms with E-state index in [1.165, 1.54) is 6.07 Å². The number of hydrogen-bond donors (Lipinski definition) is 1. The van der Waals surface area contributed by atoms with Crippen molar-refractivity contribution in [1.29, 1.82) is 0 Å². The van der Waals surface area contributed by atoms with Crippen molar-refractivity contribution >= 4 is 39.1 Å². The molecule has 6 nitrogen and oxygen atoms in total. The van der Waals surface area contributed by atoms with E-state index < -0.39 is 21.7 Å². The topological polar surface area (TPSA) is 75.7 Å². The Labute approximate surface area is 222 Å². The van der Waals surface area contributed by atoms with Crippen molar-refractivity contribution in [3.63, 3.8) is 0 Å². The second kappa shape index (κ2) is 11.3. The molecule has 0 aromatic heterocycles. The summed E-state index contributed by atoms with van der Waals surface area (Å²) >= 11 is 12.3. The molecule has 0 bridgehead atoms. The number of carbonyl (C=O) groups excluding carboxylic acids is 1. The van der Waals surface area contributed by atoms with Gasteiger partial charge in [-0.1, -0.05) is 23.2 Å². The first-order valence-electron chi connectivity index (χ1n) is 12.2. The number of carbonyl (C=O) groups is 1. The maximum absolute atomic E-state index is 14.7. The summed E-state index contributed by atoms with van der Waals surface area (Å²) in [6.45, 7) is 6.07. The molecule has 36 heavy (non-hydrogen) atoms. The quantitative estimate of drug-likeness (QED) is 0.424. The molecule has 0 unspecified atom stereocenters. The van der Waals surface area contributed by atoms with Gasteiger partial charge in [0.1, 0.15) is 11.6 Å². The van der Waals surface area contributed by atoms with E-state index in [9.17, 15) is 17.6 Å². The van der Waals surface area contributed by atoms with Gasteiger partial charge in [-0.25, -0.2) is 17.5 Å². The Morgan fingerprint density at radius 2 is 1.72 bits per heavy atom. The minimum atomic E-state index is -3.78. The molecule has 1 atom stereocenters. The summed E-state index contributed by atoms with van der Waals surface area (Å²) in [5.74, 6) is -1.11. The highest BCUT2D eigenvalue weighted by atomic mass is 35.5. The van der Waals surface area contributed by atoms with Gasteiger partial charge in [-0.2, -0.15) is 0 Å². The van der Waals surface area contributed by atoms with Crippen LogP contribution in [0, 0.1) is 24.6 Å². The van der Waals surface area contributed by atoms with E-state index in [2.05, 4.69) is 11.8 Å². The first kappa shape index (κ1) is 27.2. The number of nitrogens with zero attached hydrogens (tertiary/aromatic N) is 1. The molecular formula is C26H31Cl2FN2O4S. The zero-order chi connectivity index (χ0) is 26.0. The van der Waals surface area contributed by atoms with Gasteiger partial charge >= 0.3 is 0 Å². The molecule has 1 N–H and O–H groups in total. The highest BCUT2D eigenvalue weighted by molar-refractivity contribution is 7.90. The second-order valence-electron chi connectivity index (χ2n) is 9.92. The minimum Gasteiger partial charge on any atom is -0.493 e. The lowest BCUT2D eigenvalue weighted by Crippen LogP contribution is -2.37. The number of rotatable bonds is 9. The normalized spacial score (nSPS) is 18.1. The summed E-state index contributed by atoms with van der Waals surface area (Å²) in [4.78, 5) is 14.8. The van der Waals surface area contributed by atoms with Gasteiger partial charge in [-0.05, 0) is 99.8 Å². The number of halogens is 3. The molecule has 0 spiro atoms. The number of nitrogens with one attached hydrogen (secondary N) is 1. The molecule has 2 aromatic carbocycles. The third-order valence-corrected chi connectivity index (χ3v) is 8.79. The van der Waals surface area contributed by atoms with E-state index in [0.29, 0.717) is 33.9 Å². The Kier molecular flexibility index (Phi) is 8.49. The second-order valence-corrected chi connectivity index (χ2v) is 12.6. The molecule has 1 saturated carbocycles. The fourth-order valence-corrected chi connectivity index (χ4v) is 6.54. The number of benzene rings is 2. The molecule has 2 aromatic rings. The van der Waals surface area contributed by atoms with Crippen LogP contribution in [0.4, 0.5) is 4.39 Å². The summed E-state index contributed by atoms with van der Waals surface area (Å²) < 4.78 is 46.8. The van der Waals surface area contributed by atoms with E-state index in [1.807, 2.05) is 16.9 Å². The van der Waals surface area contributed by atoms with Gasteiger partial charge in [0.15, 0.2) is 0 Å². The van der Waals surface area contributed by atoms with Crippen molar-refractivity contribution < 1.29 is 22.3 Å². The van der Waals surface area contributed by atoms with E-state index >= 15 is 0 Å². The molecule has 2 fully saturated rings. The lowest BCUT2D eigenvalue weighted by molar-refractivity contribution is 0.0977. The molecule has 2 aliphatic rings. The number of ether oxygens (including phenoxy) is 1. The number of piperidine rings is 1. The van der Waals surface area contributed by atoms with Crippen LogP contribution in [-0.4, -0.2) is 44.7 Å². The molecule has 1 aliphatic carbocycles. The maximum Gasteiger partial charge on any atom is 0.267 e. The van der Waals surface area contributed by atoms with E-state index in [4.69, 9.17) is 27.9 Å². The largest absolute Gasteiger partial charge is 0.493 e. The monoisotopic (exact) mass is 556 g/mol. The van der Waals surface area contributed by atoms with Crippen LogP contribution in [-0.2, 0) is 10.0 Å². The van der Waals surface area contributed by atoms with Crippen LogP contribution in [0.15, 0.2) is 30.3 Å². The Bertz CT molecular complexity index is 1210. The highest BCUT2D eigenvalue weighted by Gasteiger charge is 2.30. The predicted molar refractivity (Wildman–Crippen MR) is 140 cm³/mol. The van der Waals surface area contributed by atoms with Crippen LogP contribution in [0.2, 0.25) is 10.0 Å². The standard InChI is InChI=1S/C26H31Cl2FN2O4S/c1-16-9-23(26(32)30-36(33,34)15-19-3-4-19)24(29)13-25(16)35-14-18-5-7-31(8-6-18)17(2)20-10-21(27)12-22(28)11-20/h9-13,17-19H,3-8,14-15H2,1-2H3,(H,30,32)/t17-/m0/s1. The fraction of sp³-hybridized carbons (Fsp3) is 0.500. The fourth-order valence-electron chi connectivity index (χ4n) is 4.57. The van der Waals surface area contributed by atoms with Crippen LogP contribution < -0.4 is 9.46 Å². The zero-order valence-electron chi connectivity index (χ0n) is 20.4. The van der Waals surface area contributed by atoms with Gasteiger partial charge < -0.3 is 4.74 Å². The molecule has 1 amide bonds. The summed E-state index contributed by atoms with van der Waals surface area (Å²) in [6, 6.07) is 8.30. The molecule has 1 heterocycles. The summed E-state index contributed by atoms with van der Waals surface area (Å²) in [7, 11) is -3.78. The van der Waals surface area contributed by atoms with E-state index in [0.717, 1.165) is 50.4 Å². The minimum absolute atomic E-state index is 0.0862. The smallest absolute Gasteiger partial charge is 0.267 e. The Hall–Kier alpha value is -1.87. The van der Waals surface area contributed by atoms with Crippen molar-refractivity contribution in [2.24, 2.45) is 11.8 Å². The molecule has 1 aliphatic heterocycles. The Morgan fingerprint density at radius 3 is 2.33 bits per heavy atom. The van der Waals surface area contributed by atoms with Gasteiger partial charge in [-0.3, -0.25) is 9.69 Å². The highest BCUT2D eigenvalue weighted by Crippen LogP contribution is 2.32. The van der Waals surface area contributed by atoms with Gasteiger partial charge in [0.25, 0.3) is 5.91 Å². The van der Waals surface area contributed by atoms with Crippen molar-refractivity contribution in [2.75, 3.05) is 25.4 Å². The van der Waals surface area contributed by atoms with Crippen molar-refractivity contribution in [3.8, 4) is 5.75 Å². The van der Waals surface area contributed by atoms with Crippen LogP contribution in [0.1, 0.15) is 60.1 Å². The number of hydrogen-bond acceptors (Lipinski definition) is 5.